The van der Waals surface area contributed by atoms with Crippen molar-refractivity contribution in [1.82, 2.24) is 9.97 Å². The molecule has 6 heteroatoms. The first-order valence-electron chi connectivity index (χ1n) is 5.78. The number of hydrogen-bond donors (Lipinski definition) is 0. The Morgan fingerprint density at radius 2 is 2.20 bits per heavy atom. The summed E-state index contributed by atoms with van der Waals surface area (Å²) < 4.78 is 4.69. The molecule has 3 aromatic rings. The summed E-state index contributed by atoms with van der Waals surface area (Å²) in [7, 11) is 1.32. The molecule has 0 N–H and O–H groups in total. The van der Waals surface area contributed by atoms with Crippen molar-refractivity contribution in [2.24, 2.45) is 0 Å². The van der Waals surface area contributed by atoms with E-state index in [9.17, 15) is 4.79 Å². The fourth-order valence-corrected chi connectivity index (χ4v) is 3.19. The molecule has 0 bridgehead atoms. The topological polar surface area (TPSA) is 52.1 Å². The Labute approximate surface area is 124 Å². The summed E-state index contributed by atoms with van der Waals surface area (Å²) in [4.78, 5) is 20.3. The van der Waals surface area contributed by atoms with Crippen LogP contribution in [0.5, 0.6) is 0 Å². The SMILES string of the molecule is COC(=O)c1sc(-c2cccc3cnccc23)nc1Cl. The van der Waals surface area contributed by atoms with Crippen LogP contribution in [0.1, 0.15) is 9.67 Å². The predicted molar refractivity (Wildman–Crippen MR) is 79.2 cm³/mol. The van der Waals surface area contributed by atoms with E-state index in [0.29, 0.717) is 9.88 Å². The normalized spacial score (nSPS) is 10.7. The zero-order valence-electron chi connectivity index (χ0n) is 10.5. The van der Waals surface area contributed by atoms with E-state index in [2.05, 4.69) is 9.97 Å². The van der Waals surface area contributed by atoms with Crippen LogP contribution in [0.25, 0.3) is 21.3 Å². The molecule has 0 unspecified atom stereocenters. The predicted octanol–water partition coefficient (Wildman–Crippen LogP) is 3.80. The number of thiazole rings is 1. The van der Waals surface area contributed by atoms with Crippen LogP contribution in [-0.4, -0.2) is 23.0 Å². The summed E-state index contributed by atoms with van der Waals surface area (Å²) in [6.07, 6.45) is 3.51. The molecule has 0 aliphatic heterocycles. The first-order valence-corrected chi connectivity index (χ1v) is 6.98. The van der Waals surface area contributed by atoms with Gasteiger partial charge in [-0.15, -0.1) is 11.3 Å². The number of nitrogens with zero attached hydrogens (tertiary/aromatic N) is 2. The highest BCUT2D eigenvalue weighted by Crippen LogP contribution is 2.34. The number of benzene rings is 1. The number of aromatic nitrogens is 2. The van der Waals surface area contributed by atoms with E-state index >= 15 is 0 Å². The average molecular weight is 305 g/mol. The lowest BCUT2D eigenvalue weighted by Gasteiger charge is -2.02. The molecule has 2 heterocycles. The van der Waals surface area contributed by atoms with Crippen LogP contribution in [0, 0.1) is 0 Å². The van der Waals surface area contributed by atoms with Gasteiger partial charge in [-0.1, -0.05) is 29.8 Å². The van der Waals surface area contributed by atoms with Gasteiger partial charge in [0, 0.05) is 23.3 Å². The Kier molecular flexibility index (Phi) is 3.38. The van der Waals surface area contributed by atoms with Crippen molar-refractivity contribution < 1.29 is 9.53 Å². The van der Waals surface area contributed by atoms with Crippen LogP contribution in [-0.2, 0) is 4.74 Å². The third-order valence-electron chi connectivity index (χ3n) is 2.87. The average Bonchev–Trinajstić information content (AvgIpc) is 2.87. The molecule has 0 saturated heterocycles. The molecular weight excluding hydrogens is 296 g/mol. The highest BCUT2D eigenvalue weighted by molar-refractivity contribution is 7.17. The van der Waals surface area contributed by atoms with E-state index in [4.69, 9.17) is 16.3 Å². The lowest BCUT2D eigenvalue weighted by Crippen LogP contribution is -1.98. The van der Waals surface area contributed by atoms with Crippen molar-refractivity contribution in [3.05, 3.63) is 46.7 Å². The minimum Gasteiger partial charge on any atom is -0.465 e. The number of ether oxygens (including phenoxy) is 1. The number of hydrogen-bond acceptors (Lipinski definition) is 5. The largest absolute Gasteiger partial charge is 0.465 e. The van der Waals surface area contributed by atoms with Gasteiger partial charge in [0.25, 0.3) is 0 Å². The summed E-state index contributed by atoms with van der Waals surface area (Å²) in [5, 5.41) is 2.88. The van der Waals surface area contributed by atoms with Gasteiger partial charge in [0.15, 0.2) is 10.0 Å². The van der Waals surface area contributed by atoms with Crippen LogP contribution in [0.4, 0.5) is 0 Å². The van der Waals surface area contributed by atoms with Gasteiger partial charge >= 0.3 is 5.97 Å². The Bertz CT molecular complexity index is 795. The summed E-state index contributed by atoms with van der Waals surface area (Å²) in [5.41, 5.74) is 0.923. The van der Waals surface area contributed by atoms with Crippen molar-refractivity contribution in [2.75, 3.05) is 7.11 Å². The minimum absolute atomic E-state index is 0.169. The molecule has 0 spiro atoms. The van der Waals surface area contributed by atoms with E-state index < -0.39 is 5.97 Å². The Balaban J connectivity index is 2.19. The number of halogens is 1. The maximum absolute atomic E-state index is 11.6. The monoisotopic (exact) mass is 304 g/mol. The van der Waals surface area contributed by atoms with Crippen LogP contribution in [0.3, 0.4) is 0 Å². The third-order valence-corrected chi connectivity index (χ3v) is 4.32. The van der Waals surface area contributed by atoms with E-state index in [1.54, 1.807) is 12.4 Å². The molecule has 0 fully saturated rings. The molecular formula is C14H9ClN2O2S. The molecule has 3 rings (SSSR count). The second kappa shape index (κ2) is 5.19. The van der Waals surface area contributed by atoms with Crippen molar-refractivity contribution in [3.63, 3.8) is 0 Å². The first kappa shape index (κ1) is 13.0. The molecule has 100 valence electrons. The highest BCUT2D eigenvalue weighted by atomic mass is 35.5. The number of carbonyl (C=O) groups excluding carboxylic acids is 1. The van der Waals surface area contributed by atoms with Gasteiger partial charge in [-0.2, -0.15) is 0 Å². The Hall–Kier alpha value is -1.98. The second-order valence-corrected chi connectivity index (χ2v) is 5.39. The molecule has 20 heavy (non-hydrogen) atoms. The number of methoxy groups -OCH3 is 1. The molecule has 1 aromatic carbocycles. The molecule has 0 aliphatic rings. The van der Waals surface area contributed by atoms with Crippen LogP contribution >= 0.6 is 22.9 Å². The zero-order valence-corrected chi connectivity index (χ0v) is 12.0. The van der Waals surface area contributed by atoms with Crippen LogP contribution in [0.15, 0.2) is 36.7 Å². The molecule has 4 nitrogen and oxygen atoms in total. The molecule has 0 aliphatic carbocycles. The molecule has 0 radical (unpaired) electrons. The number of rotatable bonds is 2. The number of fused-ring (bicyclic) bond motifs is 1. The van der Waals surface area contributed by atoms with E-state index in [0.717, 1.165) is 16.3 Å². The summed E-state index contributed by atoms with van der Waals surface area (Å²) >= 11 is 7.23. The maximum Gasteiger partial charge on any atom is 0.351 e. The zero-order chi connectivity index (χ0) is 14.1. The van der Waals surface area contributed by atoms with Crippen LogP contribution < -0.4 is 0 Å². The fourth-order valence-electron chi connectivity index (χ4n) is 1.94. The number of pyridine rings is 1. The highest BCUT2D eigenvalue weighted by Gasteiger charge is 2.19. The van der Waals surface area contributed by atoms with Gasteiger partial charge in [-0.3, -0.25) is 4.98 Å². The third kappa shape index (κ3) is 2.15. The van der Waals surface area contributed by atoms with Crippen molar-refractivity contribution in [1.29, 1.82) is 0 Å². The Morgan fingerprint density at radius 3 is 3.00 bits per heavy atom. The lowest BCUT2D eigenvalue weighted by molar-refractivity contribution is 0.0606. The van der Waals surface area contributed by atoms with Crippen molar-refractivity contribution >= 4 is 39.7 Å². The van der Waals surface area contributed by atoms with Gasteiger partial charge in [0.2, 0.25) is 0 Å². The molecule has 2 aromatic heterocycles. The standard InChI is InChI=1S/C14H9ClN2O2S/c1-19-14(18)11-12(15)17-13(20-11)10-4-2-3-8-7-16-6-5-9(8)10/h2-7H,1H3. The van der Waals surface area contributed by atoms with Crippen molar-refractivity contribution in [2.45, 2.75) is 0 Å². The minimum atomic E-state index is -0.472. The van der Waals surface area contributed by atoms with Gasteiger partial charge in [0.05, 0.1) is 7.11 Å². The van der Waals surface area contributed by atoms with E-state index in [1.165, 1.54) is 18.4 Å². The van der Waals surface area contributed by atoms with Gasteiger partial charge < -0.3 is 4.74 Å². The van der Waals surface area contributed by atoms with Crippen LogP contribution in [0.2, 0.25) is 5.15 Å². The Morgan fingerprint density at radius 1 is 1.35 bits per heavy atom. The van der Waals surface area contributed by atoms with Gasteiger partial charge in [-0.25, -0.2) is 9.78 Å². The fraction of sp³-hybridized carbons (Fsp3) is 0.0714. The first-order chi connectivity index (χ1) is 9.70. The molecule has 0 amide bonds. The maximum atomic E-state index is 11.6. The molecule has 0 atom stereocenters. The van der Waals surface area contributed by atoms with Gasteiger partial charge in [0.1, 0.15) is 5.01 Å². The van der Waals surface area contributed by atoms with Crippen molar-refractivity contribution in [3.8, 4) is 10.6 Å². The lowest BCUT2D eigenvalue weighted by atomic mass is 10.1. The summed E-state index contributed by atoms with van der Waals surface area (Å²) in [5.74, 6) is -0.472. The summed E-state index contributed by atoms with van der Waals surface area (Å²) in [6, 6.07) is 7.76. The number of carbonyl (C=O) groups is 1. The summed E-state index contributed by atoms with van der Waals surface area (Å²) in [6.45, 7) is 0. The number of esters is 1. The van der Waals surface area contributed by atoms with E-state index in [1.807, 2.05) is 24.3 Å². The van der Waals surface area contributed by atoms with Gasteiger partial charge in [-0.05, 0) is 11.5 Å². The quantitative estimate of drug-likeness (QED) is 0.676. The smallest absolute Gasteiger partial charge is 0.351 e. The van der Waals surface area contributed by atoms with E-state index in [-0.39, 0.29) is 5.15 Å². The molecule has 0 saturated carbocycles. The second-order valence-electron chi connectivity index (χ2n) is 4.03.